The van der Waals surface area contributed by atoms with Crippen molar-refractivity contribution in [1.82, 2.24) is 4.98 Å². The predicted octanol–water partition coefficient (Wildman–Crippen LogP) is 2.30. The molecule has 1 heterocycles. The fourth-order valence-electron chi connectivity index (χ4n) is 1.97. The lowest BCUT2D eigenvalue weighted by Crippen LogP contribution is -2.21. The Morgan fingerprint density at radius 2 is 1.74 bits per heavy atom. The van der Waals surface area contributed by atoms with Crippen molar-refractivity contribution >= 4 is 23.0 Å². The van der Waals surface area contributed by atoms with Crippen LogP contribution in [0.2, 0.25) is 0 Å². The lowest BCUT2D eigenvalue weighted by molar-refractivity contribution is -0.111. The van der Waals surface area contributed by atoms with Crippen LogP contribution in [0.15, 0.2) is 54.7 Å². The average Bonchev–Trinajstić information content (AvgIpc) is 2.46. The van der Waals surface area contributed by atoms with Gasteiger partial charge in [0.05, 0.1) is 17.0 Å². The first-order valence-electron chi connectivity index (χ1n) is 5.83. The number of nitrogens with zero attached hydrogens (tertiary/aromatic N) is 1. The van der Waals surface area contributed by atoms with Crippen LogP contribution in [0.3, 0.4) is 0 Å². The van der Waals surface area contributed by atoms with Crippen molar-refractivity contribution in [2.24, 2.45) is 0 Å². The first-order chi connectivity index (χ1) is 9.25. The van der Waals surface area contributed by atoms with Crippen LogP contribution in [0, 0.1) is 0 Å². The van der Waals surface area contributed by atoms with Gasteiger partial charge in [-0.15, -0.1) is 0 Å². The predicted molar refractivity (Wildman–Crippen MR) is 71.6 cm³/mol. The number of anilines is 1. The Morgan fingerprint density at radius 3 is 2.53 bits per heavy atom. The number of rotatable bonds is 2. The number of para-hydroxylation sites is 1. The van der Waals surface area contributed by atoms with Gasteiger partial charge in [0.1, 0.15) is 0 Å². The van der Waals surface area contributed by atoms with Gasteiger partial charge in [-0.05, 0) is 24.3 Å². The number of ketones is 2. The lowest BCUT2D eigenvalue weighted by Gasteiger charge is -2.16. The van der Waals surface area contributed by atoms with Crippen LogP contribution in [-0.4, -0.2) is 16.6 Å². The second-order valence-corrected chi connectivity index (χ2v) is 4.14. The van der Waals surface area contributed by atoms with E-state index in [9.17, 15) is 9.59 Å². The molecule has 0 unspecified atom stereocenters. The number of benzene rings is 1. The molecule has 2 aromatic rings. The van der Waals surface area contributed by atoms with Gasteiger partial charge in [0.15, 0.2) is 0 Å². The minimum atomic E-state index is -0.529. The van der Waals surface area contributed by atoms with E-state index in [2.05, 4.69) is 10.3 Å². The average molecular weight is 250 g/mol. The largest absolute Gasteiger partial charge is 0.354 e. The van der Waals surface area contributed by atoms with Crippen molar-refractivity contribution in [2.75, 3.05) is 5.32 Å². The molecule has 0 fully saturated rings. The number of Topliss-reactive ketones (excluding diaryl/α,β-unsaturated/α-hetero) is 1. The number of fused-ring (bicyclic) bond motifs is 1. The Hall–Kier alpha value is -2.75. The number of allylic oxidation sites excluding steroid dienone is 1. The van der Waals surface area contributed by atoms with Crippen LogP contribution in [0.4, 0.5) is 5.69 Å². The van der Waals surface area contributed by atoms with Gasteiger partial charge >= 0.3 is 0 Å². The first-order valence-corrected chi connectivity index (χ1v) is 5.83. The topological polar surface area (TPSA) is 59.1 Å². The van der Waals surface area contributed by atoms with Gasteiger partial charge in [-0.1, -0.05) is 18.2 Å². The van der Waals surface area contributed by atoms with E-state index in [0.717, 1.165) is 5.69 Å². The zero-order valence-corrected chi connectivity index (χ0v) is 9.96. The Balaban J connectivity index is 2.04. The van der Waals surface area contributed by atoms with Gasteiger partial charge < -0.3 is 5.32 Å². The maximum atomic E-state index is 11.8. The zero-order chi connectivity index (χ0) is 13.2. The standard InChI is InChI=1S/C15H10N2O2/c18-13-9-12(17-10-5-2-1-3-6-10)14-11(15(13)19)7-4-8-16-14/h1-9,17H. The molecule has 4 nitrogen and oxygen atoms in total. The van der Waals surface area contributed by atoms with Crippen molar-refractivity contribution in [3.05, 3.63) is 66.0 Å². The number of nitrogens with one attached hydrogen (secondary N) is 1. The fourth-order valence-corrected chi connectivity index (χ4v) is 1.97. The summed E-state index contributed by atoms with van der Waals surface area (Å²) in [5.41, 5.74) is 2.24. The van der Waals surface area contributed by atoms with Crippen LogP contribution >= 0.6 is 0 Å². The van der Waals surface area contributed by atoms with E-state index in [1.165, 1.54) is 6.08 Å². The van der Waals surface area contributed by atoms with Crippen molar-refractivity contribution in [2.45, 2.75) is 0 Å². The minimum Gasteiger partial charge on any atom is -0.354 e. The van der Waals surface area contributed by atoms with E-state index in [4.69, 9.17) is 0 Å². The normalized spacial score (nSPS) is 13.8. The molecule has 0 saturated heterocycles. The molecule has 92 valence electrons. The molecular weight excluding hydrogens is 240 g/mol. The van der Waals surface area contributed by atoms with E-state index in [1.807, 2.05) is 30.3 Å². The number of carbonyl (C=O) groups excluding carboxylic acids is 2. The maximum absolute atomic E-state index is 11.8. The molecule has 1 aromatic carbocycles. The quantitative estimate of drug-likeness (QED) is 0.831. The highest BCUT2D eigenvalue weighted by atomic mass is 16.2. The SMILES string of the molecule is O=C1C=C(Nc2ccccc2)c2ncccc2C1=O. The molecular formula is C15H10N2O2. The summed E-state index contributed by atoms with van der Waals surface area (Å²) in [5, 5.41) is 3.11. The lowest BCUT2D eigenvalue weighted by atomic mass is 9.97. The third-order valence-corrected chi connectivity index (χ3v) is 2.86. The van der Waals surface area contributed by atoms with Gasteiger partial charge in [-0.25, -0.2) is 0 Å². The second-order valence-electron chi connectivity index (χ2n) is 4.14. The number of pyridine rings is 1. The third-order valence-electron chi connectivity index (χ3n) is 2.86. The Bertz CT molecular complexity index is 690. The summed E-state index contributed by atoms with van der Waals surface area (Å²) in [5.74, 6) is -1.04. The monoisotopic (exact) mass is 250 g/mol. The Morgan fingerprint density at radius 1 is 0.947 bits per heavy atom. The summed E-state index contributed by atoms with van der Waals surface area (Å²) in [6.07, 6.45) is 2.90. The molecule has 1 N–H and O–H groups in total. The van der Waals surface area contributed by atoms with Gasteiger partial charge in [0, 0.05) is 18.0 Å². The fraction of sp³-hybridized carbons (Fsp3) is 0. The van der Waals surface area contributed by atoms with Crippen molar-refractivity contribution in [1.29, 1.82) is 0 Å². The number of hydrogen-bond donors (Lipinski definition) is 1. The maximum Gasteiger partial charge on any atom is 0.235 e. The molecule has 0 saturated carbocycles. The van der Waals surface area contributed by atoms with Crippen molar-refractivity contribution < 1.29 is 9.59 Å². The highest BCUT2D eigenvalue weighted by Gasteiger charge is 2.26. The molecule has 0 aliphatic heterocycles. The second kappa shape index (κ2) is 4.49. The molecule has 1 aliphatic rings. The summed E-state index contributed by atoms with van der Waals surface area (Å²) in [7, 11) is 0. The molecule has 1 aliphatic carbocycles. The van der Waals surface area contributed by atoms with Crippen LogP contribution in [-0.2, 0) is 4.79 Å². The highest BCUT2D eigenvalue weighted by Crippen LogP contribution is 2.24. The summed E-state index contributed by atoms with van der Waals surface area (Å²) in [4.78, 5) is 27.6. The van der Waals surface area contributed by atoms with Gasteiger partial charge in [-0.2, -0.15) is 0 Å². The van der Waals surface area contributed by atoms with E-state index >= 15 is 0 Å². The summed E-state index contributed by atoms with van der Waals surface area (Å²) >= 11 is 0. The minimum absolute atomic E-state index is 0.341. The smallest absolute Gasteiger partial charge is 0.235 e. The number of aromatic nitrogens is 1. The van der Waals surface area contributed by atoms with E-state index < -0.39 is 11.6 Å². The number of hydrogen-bond acceptors (Lipinski definition) is 4. The van der Waals surface area contributed by atoms with Crippen LogP contribution in [0.5, 0.6) is 0 Å². The third kappa shape index (κ3) is 2.04. The van der Waals surface area contributed by atoms with Crippen LogP contribution < -0.4 is 5.32 Å². The molecule has 4 heteroatoms. The van der Waals surface area contributed by atoms with Crippen molar-refractivity contribution in [3.8, 4) is 0 Å². The molecule has 0 spiro atoms. The molecule has 19 heavy (non-hydrogen) atoms. The van der Waals surface area contributed by atoms with E-state index in [0.29, 0.717) is 17.0 Å². The zero-order valence-electron chi connectivity index (χ0n) is 9.96. The molecule has 3 rings (SSSR count). The Kier molecular flexibility index (Phi) is 2.68. The van der Waals surface area contributed by atoms with Crippen LogP contribution in [0.25, 0.3) is 5.70 Å². The Labute approximate surface area is 109 Å². The molecule has 0 bridgehead atoms. The van der Waals surface area contributed by atoms with Crippen molar-refractivity contribution in [3.63, 3.8) is 0 Å². The van der Waals surface area contributed by atoms with Gasteiger partial charge in [0.2, 0.25) is 11.6 Å². The van der Waals surface area contributed by atoms with E-state index in [-0.39, 0.29) is 0 Å². The van der Waals surface area contributed by atoms with Gasteiger partial charge in [0.25, 0.3) is 0 Å². The van der Waals surface area contributed by atoms with Gasteiger partial charge in [-0.3, -0.25) is 14.6 Å². The summed E-state index contributed by atoms with van der Waals surface area (Å²) < 4.78 is 0. The summed E-state index contributed by atoms with van der Waals surface area (Å²) in [6, 6.07) is 12.7. The highest BCUT2D eigenvalue weighted by molar-refractivity contribution is 6.50. The molecule has 0 atom stereocenters. The first kappa shape index (κ1) is 11.3. The van der Waals surface area contributed by atoms with Crippen LogP contribution in [0.1, 0.15) is 16.1 Å². The molecule has 1 aromatic heterocycles. The molecule has 0 radical (unpaired) electrons. The number of carbonyl (C=O) groups is 2. The molecule has 0 amide bonds. The summed E-state index contributed by atoms with van der Waals surface area (Å²) in [6.45, 7) is 0. The van der Waals surface area contributed by atoms with E-state index in [1.54, 1.807) is 18.3 Å².